The van der Waals surface area contributed by atoms with Gasteiger partial charge in [0.15, 0.2) is 11.5 Å². The third-order valence-corrected chi connectivity index (χ3v) is 4.46. The van der Waals surface area contributed by atoms with E-state index >= 15 is 0 Å². The maximum atomic E-state index is 12.3. The molecular formula is C17H23N5O2. The molecule has 0 saturated carbocycles. The number of hydrogen-bond acceptors (Lipinski definition) is 6. The summed E-state index contributed by atoms with van der Waals surface area (Å²) in [4.78, 5) is 14.4. The standard InChI is InChI=1S/C17H23N5O2/c1-11(16-12(2)21-24-13(16)3)10-18-17(23)14-6-7-15(20-19-14)22-8-4-5-9-22/h6-7,11H,4-5,8-10H2,1-3H3,(H,18,23). The van der Waals surface area contributed by atoms with Gasteiger partial charge in [-0.2, -0.15) is 0 Å². The van der Waals surface area contributed by atoms with E-state index in [1.54, 1.807) is 6.07 Å². The Labute approximate surface area is 141 Å². The van der Waals surface area contributed by atoms with Crippen LogP contribution >= 0.6 is 0 Å². The van der Waals surface area contributed by atoms with E-state index in [2.05, 4.69) is 25.6 Å². The van der Waals surface area contributed by atoms with Crippen molar-refractivity contribution in [2.45, 2.75) is 39.5 Å². The largest absolute Gasteiger partial charge is 0.361 e. The first kappa shape index (κ1) is 16.4. The fraction of sp³-hybridized carbons (Fsp3) is 0.529. The van der Waals surface area contributed by atoms with Crippen LogP contribution in [0.25, 0.3) is 0 Å². The van der Waals surface area contributed by atoms with Crippen LogP contribution in [0.5, 0.6) is 0 Å². The molecule has 1 fully saturated rings. The van der Waals surface area contributed by atoms with Crippen molar-refractivity contribution >= 4 is 11.7 Å². The van der Waals surface area contributed by atoms with Crippen LogP contribution in [-0.4, -0.2) is 40.9 Å². The molecule has 3 heterocycles. The van der Waals surface area contributed by atoms with E-state index in [0.717, 1.165) is 35.9 Å². The van der Waals surface area contributed by atoms with E-state index in [1.807, 2.05) is 26.8 Å². The molecular weight excluding hydrogens is 306 g/mol. The van der Waals surface area contributed by atoms with Crippen molar-refractivity contribution in [2.24, 2.45) is 0 Å². The number of aryl methyl sites for hydroxylation is 2. The van der Waals surface area contributed by atoms with Gasteiger partial charge in [0, 0.05) is 31.1 Å². The molecule has 0 aromatic carbocycles. The van der Waals surface area contributed by atoms with E-state index in [1.165, 1.54) is 12.8 Å². The Bertz CT molecular complexity index is 685. The lowest BCUT2D eigenvalue weighted by Crippen LogP contribution is -2.29. The molecule has 0 spiro atoms. The van der Waals surface area contributed by atoms with Gasteiger partial charge in [0.2, 0.25) is 0 Å². The highest BCUT2D eigenvalue weighted by atomic mass is 16.5. The molecule has 1 N–H and O–H groups in total. The Kier molecular flexibility index (Phi) is 4.78. The second-order valence-electron chi connectivity index (χ2n) is 6.32. The molecule has 1 aliphatic rings. The van der Waals surface area contributed by atoms with E-state index in [9.17, 15) is 4.79 Å². The van der Waals surface area contributed by atoms with Crippen LogP contribution in [-0.2, 0) is 0 Å². The molecule has 0 radical (unpaired) electrons. The molecule has 2 aromatic heterocycles. The number of anilines is 1. The van der Waals surface area contributed by atoms with Gasteiger partial charge in [-0.3, -0.25) is 4.79 Å². The van der Waals surface area contributed by atoms with Gasteiger partial charge >= 0.3 is 0 Å². The van der Waals surface area contributed by atoms with Crippen LogP contribution in [0.3, 0.4) is 0 Å². The topological polar surface area (TPSA) is 84.2 Å². The first-order chi connectivity index (χ1) is 11.6. The molecule has 1 aliphatic heterocycles. The van der Waals surface area contributed by atoms with E-state index in [-0.39, 0.29) is 11.8 Å². The summed E-state index contributed by atoms with van der Waals surface area (Å²) < 4.78 is 5.18. The van der Waals surface area contributed by atoms with E-state index in [4.69, 9.17) is 4.52 Å². The minimum Gasteiger partial charge on any atom is -0.361 e. The summed E-state index contributed by atoms with van der Waals surface area (Å²) in [6, 6.07) is 3.60. The zero-order valence-electron chi connectivity index (χ0n) is 14.4. The van der Waals surface area contributed by atoms with E-state index in [0.29, 0.717) is 12.2 Å². The van der Waals surface area contributed by atoms with Crippen LogP contribution in [0.1, 0.15) is 53.2 Å². The van der Waals surface area contributed by atoms with Gasteiger partial charge in [-0.25, -0.2) is 0 Å². The fourth-order valence-electron chi connectivity index (χ4n) is 3.19. The molecule has 7 nitrogen and oxygen atoms in total. The summed E-state index contributed by atoms with van der Waals surface area (Å²) in [5.74, 6) is 1.54. The fourth-order valence-corrected chi connectivity index (χ4v) is 3.19. The number of rotatable bonds is 5. The Morgan fingerprint density at radius 3 is 2.62 bits per heavy atom. The molecule has 2 aromatic rings. The van der Waals surface area contributed by atoms with Gasteiger partial charge in [-0.1, -0.05) is 12.1 Å². The Morgan fingerprint density at radius 1 is 1.29 bits per heavy atom. The third-order valence-electron chi connectivity index (χ3n) is 4.46. The molecule has 1 unspecified atom stereocenters. The Hall–Kier alpha value is -2.44. The van der Waals surface area contributed by atoms with Crippen LogP contribution in [0.2, 0.25) is 0 Å². The number of carbonyl (C=O) groups is 1. The van der Waals surface area contributed by atoms with Crippen LogP contribution in [0.4, 0.5) is 5.82 Å². The predicted molar refractivity (Wildman–Crippen MR) is 90.2 cm³/mol. The maximum absolute atomic E-state index is 12.3. The monoisotopic (exact) mass is 329 g/mol. The highest BCUT2D eigenvalue weighted by Gasteiger charge is 2.19. The summed E-state index contributed by atoms with van der Waals surface area (Å²) >= 11 is 0. The SMILES string of the molecule is Cc1noc(C)c1C(C)CNC(=O)c1ccc(N2CCCC2)nn1. The molecule has 0 aliphatic carbocycles. The summed E-state index contributed by atoms with van der Waals surface area (Å²) in [5.41, 5.74) is 2.25. The van der Waals surface area contributed by atoms with Crippen LogP contribution in [0, 0.1) is 13.8 Å². The number of hydrogen-bond donors (Lipinski definition) is 1. The first-order valence-electron chi connectivity index (χ1n) is 8.36. The number of aromatic nitrogens is 3. The average Bonchev–Trinajstić information content (AvgIpc) is 3.23. The number of nitrogens with one attached hydrogen (secondary N) is 1. The van der Waals surface area contributed by atoms with Crippen molar-refractivity contribution < 1.29 is 9.32 Å². The van der Waals surface area contributed by atoms with Crippen molar-refractivity contribution in [3.63, 3.8) is 0 Å². The van der Waals surface area contributed by atoms with Gasteiger partial charge in [-0.15, -0.1) is 10.2 Å². The van der Waals surface area contributed by atoms with Crippen molar-refractivity contribution in [1.82, 2.24) is 20.7 Å². The lowest BCUT2D eigenvalue weighted by atomic mass is 9.99. The van der Waals surface area contributed by atoms with Crippen molar-refractivity contribution in [1.29, 1.82) is 0 Å². The first-order valence-corrected chi connectivity index (χ1v) is 8.36. The Morgan fingerprint density at radius 2 is 2.04 bits per heavy atom. The summed E-state index contributed by atoms with van der Waals surface area (Å²) in [6.45, 7) is 8.35. The zero-order valence-corrected chi connectivity index (χ0v) is 14.4. The Balaban J connectivity index is 1.58. The third kappa shape index (κ3) is 3.39. The molecule has 128 valence electrons. The number of carbonyl (C=O) groups excluding carboxylic acids is 1. The highest BCUT2D eigenvalue weighted by molar-refractivity contribution is 5.92. The molecule has 0 bridgehead atoms. The second-order valence-corrected chi connectivity index (χ2v) is 6.32. The molecule has 1 amide bonds. The zero-order chi connectivity index (χ0) is 17.1. The minimum atomic E-state index is -0.214. The van der Waals surface area contributed by atoms with Crippen molar-refractivity contribution in [2.75, 3.05) is 24.5 Å². The normalized spacial score (nSPS) is 15.5. The maximum Gasteiger partial charge on any atom is 0.271 e. The lowest BCUT2D eigenvalue weighted by molar-refractivity contribution is 0.0945. The molecule has 1 atom stereocenters. The molecule has 3 rings (SSSR count). The summed E-state index contributed by atoms with van der Waals surface area (Å²) in [5, 5.41) is 15.1. The predicted octanol–water partition coefficient (Wildman–Crippen LogP) is 2.22. The smallest absolute Gasteiger partial charge is 0.271 e. The van der Waals surface area contributed by atoms with Gasteiger partial charge in [0.25, 0.3) is 5.91 Å². The molecule has 1 saturated heterocycles. The summed E-state index contributed by atoms with van der Waals surface area (Å²) in [7, 11) is 0. The quantitative estimate of drug-likeness (QED) is 0.905. The van der Waals surface area contributed by atoms with Crippen LogP contribution < -0.4 is 10.2 Å². The number of nitrogens with zero attached hydrogens (tertiary/aromatic N) is 4. The molecule has 24 heavy (non-hydrogen) atoms. The highest BCUT2D eigenvalue weighted by Crippen LogP contribution is 2.22. The van der Waals surface area contributed by atoms with E-state index < -0.39 is 0 Å². The second kappa shape index (κ2) is 6.98. The minimum absolute atomic E-state index is 0.122. The van der Waals surface area contributed by atoms with Gasteiger partial charge < -0.3 is 14.7 Å². The van der Waals surface area contributed by atoms with Crippen molar-refractivity contribution in [3.05, 3.63) is 34.8 Å². The van der Waals surface area contributed by atoms with Gasteiger partial charge in [0.05, 0.1) is 5.69 Å². The average molecular weight is 329 g/mol. The lowest BCUT2D eigenvalue weighted by Gasteiger charge is -2.15. The van der Waals surface area contributed by atoms with Gasteiger partial charge in [0.1, 0.15) is 5.76 Å². The number of amides is 1. The van der Waals surface area contributed by atoms with Crippen molar-refractivity contribution in [3.8, 4) is 0 Å². The summed E-state index contributed by atoms with van der Waals surface area (Å²) in [6.07, 6.45) is 2.37. The molecule has 7 heteroatoms. The van der Waals surface area contributed by atoms with Gasteiger partial charge in [-0.05, 0) is 38.8 Å². The van der Waals surface area contributed by atoms with Crippen LogP contribution in [0.15, 0.2) is 16.7 Å².